The number of carbonyl (C=O) groups is 2. The van der Waals surface area contributed by atoms with Gasteiger partial charge in [-0.1, -0.05) is 60.7 Å². The van der Waals surface area contributed by atoms with E-state index in [4.69, 9.17) is 5.73 Å². The van der Waals surface area contributed by atoms with Crippen LogP contribution < -0.4 is 11.1 Å². The summed E-state index contributed by atoms with van der Waals surface area (Å²) in [6.45, 7) is 2.24. The summed E-state index contributed by atoms with van der Waals surface area (Å²) >= 11 is 0. The first-order chi connectivity index (χ1) is 12.6. The molecule has 0 aliphatic heterocycles. The Morgan fingerprint density at radius 3 is 2.12 bits per heavy atom. The molecule has 0 saturated carbocycles. The van der Waals surface area contributed by atoms with Crippen molar-refractivity contribution in [2.45, 2.75) is 13.3 Å². The number of carbonyl (C=O) groups excluding carboxylic acids is 3. The summed E-state index contributed by atoms with van der Waals surface area (Å²) in [6.07, 6.45) is 1.97. The summed E-state index contributed by atoms with van der Waals surface area (Å²) < 4.78 is 0. The molecule has 0 aliphatic carbocycles. The first kappa shape index (κ1) is 19.1. The van der Waals surface area contributed by atoms with E-state index in [2.05, 4.69) is 5.32 Å². The Bertz CT molecular complexity index is 799. The molecule has 2 aromatic rings. The second-order valence-electron chi connectivity index (χ2n) is 5.76. The van der Waals surface area contributed by atoms with Crippen molar-refractivity contribution in [1.82, 2.24) is 5.32 Å². The molecular weight excluding hydrogens is 328 g/mol. The van der Waals surface area contributed by atoms with E-state index in [9.17, 15) is 14.4 Å². The molecular formula is C21H21N2O3. The first-order valence-corrected chi connectivity index (χ1v) is 8.37. The van der Waals surface area contributed by atoms with Crippen LogP contribution in [0.25, 0.3) is 5.57 Å². The number of rotatable bonds is 8. The van der Waals surface area contributed by atoms with Crippen LogP contribution >= 0.6 is 0 Å². The van der Waals surface area contributed by atoms with Crippen LogP contribution in [0.3, 0.4) is 0 Å². The number of hydrogen-bond donors (Lipinski definition) is 2. The topological polar surface area (TPSA) is 89.3 Å². The third kappa shape index (κ3) is 4.66. The molecule has 0 fully saturated rings. The van der Waals surface area contributed by atoms with E-state index in [1.807, 2.05) is 43.3 Å². The van der Waals surface area contributed by atoms with Crippen LogP contribution in [0.1, 0.15) is 18.1 Å². The predicted octanol–water partition coefficient (Wildman–Crippen LogP) is 2.03. The van der Waals surface area contributed by atoms with Gasteiger partial charge in [-0.3, -0.25) is 14.4 Å². The third-order valence-electron chi connectivity index (χ3n) is 4.00. The zero-order chi connectivity index (χ0) is 18.9. The molecule has 0 aliphatic rings. The van der Waals surface area contributed by atoms with Gasteiger partial charge in [0.1, 0.15) is 0 Å². The van der Waals surface area contributed by atoms with E-state index in [-0.39, 0.29) is 11.5 Å². The minimum atomic E-state index is -0.902. The molecule has 2 aromatic carbocycles. The van der Waals surface area contributed by atoms with Crippen LogP contribution in [-0.4, -0.2) is 24.6 Å². The summed E-state index contributed by atoms with van der Waals surface area (Å²) in [5, 5.41) is 2.78. The molecule has 26 heavy (non-hydrogen) atoms. The van der Waals surface area contributed by atoms with Gasteiger partial charge < -0.3 is 11.1 Å². The highest BCUT2D eigenvalue weighted by atomic mass is 16.2. The molecule has 0 bridgehead atoms. The number of primary amides is 1. The summed E-state index contributed by atoms with van der Waals surface area (Å²) in [6, 6.07) is 18.3. The van der Waals surface area contributed by atoms with Gasteiger partial charge in [-0.05, 0) is 30.0 Å². The van der Waals surface area contributed by atoms with Gasteiger partial charge in [-0.25, -0.2) is 0 Å². The Balaban J connectivity index is 2.63. The zero-order valence-corrected chi connectivity index (χ0v) is 14.6. The van der Waals surface area contributed by atoms with Crippen LogP contribution in [-0.2, 0) is 20.8 Å². The van der Waals surface area contributed by atoms with Crippen molar-refractivity contribution in [2.24, 2.45) is 11.7 Å². The van der Waals surface area contributed by atoms with Crippen molar-refractivity contribution in [2.75, 3.05) is 6.54 Å². The quantitative estimate of drug-likeness (QED) is 0.434. The lowest BCUT2D eigenvalue weighted by Crippen LogP contribution is -2.34. The van der Waals surface area contributed by atoms with Gasteiger partial charge in [0.2, 0.25) is 12.2 Å². The zero-order valence-electron chi connectivity index (χ0n) is 14.6. The maximum Gasteiger partial charge on any atom is 0.253 e. The number of nitrogens with one attached hydrogen (secondary N) is 1. The molecule has 5 nitrogen and oxygen atoms in total. The van der Waals surface area contributed by atoms with Gasteiger partial charge in [-0.15, -0.1) is 0 Å². The van der Waals surface area contributed by atoms with Crippen LogP contribution in [0.15, 0.2) is 66.2 Å². The number of nitrogens with two attached hydrogens (primary N) is 1. The minimum Gasteiger partial charge on any atom is -0.365 e. The molecule has 0 spiro atoms. The van der Waals surface area contributed by atoms with E-state index in [0.717, 1.165) is 5.56 Å². The fourth-order valence-electron chi connectivity index (χ4n) is 2.85. The molecule has 0 saturated heterocycles. The van der Waals surface area contributed by atoms with E-state index in [1.54, 1.807) is 30.6 Å². The van der Waals surface area contributed by atoms with Crippen LogP contribution in [0.5, 0.6) is 0 Å². The van der Waals surface area contributed by atoms with Crippen LogP contribution in [0, 0.1) is 5.92 Å². The molecule has 1 radical (unpaired) electrons. The van der Waals surface area contributed by atoms with Gasteiger partial charge in [-0.2, -0.15) is 0 Å². The van der Waals surface area contributed by atoms with Gasteiger partial charge in [0.05, 0.1) is 11.5 Å². The molecule has 1 atom stereocenters. The summed E-state index contributed by atoms with van der Waals surface area (Å²) in [5.74, 6) is -1.92. The predicted molar refractivity (Wildman–Crippen MR) is 101 cm³/mol. The number of hydrogen-bond acceptors (Lipinski definition) is 3. The standard InChI is InChI=1S/C21H21N2O3/c1-2-23-21(26)17(13-15-9-5-3-6-10-15)19(18(14-24)20(22)25)16-11-7-4-8-12-16/h3-12,17H,2,13H2,1H3,(H2,22,25)(H,23,26). The largest absolute Gasteiger partial charge is 0.365 e. The third-order valence-corrected chi connectivity index (χ3v) is 4.00. The van der Waals surface area contributed by atoms with E-state index in [0.29, 0.717) is 24.1 Å². The molecule has 3 N–H and O–H groups in total. The molecule has 2 rings (SSSR count). The van der Waals surface area contributed by atoms with Crippen LogP contribution in [0.4, 0.5) is 0 Å². The maximum absolute atomic E-state index is 12.8. The highest BCUT2D eigenvalue weighted by Crippen LogP contribution is 2.30. The van der Waals surface area contributed by atoms with E-state index >= 15 is 0 Å². The van der Waals surface area contributed by atoms with E-state index in [1.165, 1.54) is 0 Å². The van der Waals surface area contributed by atoms with Gasteiger partial charge >= 0.3 is 0 Å². The molecule has 0 aromatic heterocycles. The van der Waals surface area contributed by atoms with Crippen molar-refractivity contribution >= 4 is 23.7 Å². The normalized spacial score (nSPS) is 12.7. The second-order valence-corrected chi connectivity index (χ2v) is 5.76. The maximum atomic E-state index is 12.8. The molecule has 2 amide bonds. The van der Waals surface area contributed by atoms with Crippen molar-refractivity contribution in [1.29, 1.82) is 0 Å². The molecule has 5 heteroatoms. The Kier molecular flexibility index (Phi) is 6.85. The minimum absolute atomic E-state index is 0.274. The number of amides is 2. The van der Waals surface area contributed by atoms with Crippen LogP contribution in [0.2, 0.25) is 0 Å². The lowest BCUT2D eigenvalue weighted by molar-refractivity contribution is -0.123. The monoisotopic (exact) mass is 349 g/mol. The Hall–Kier alpha value is -3.21. The Morgan fingerprint density at radius 1 is 1.04 bits per heavy atom. The summed E-state index contributed by atoms with van der Waals surface area (Å²) in [4.78, 5) is 36.1. The average molecular weight is 349 g/mol. The smallest absolute Gasteiger partial charge is 0.253 e. The van der Waals surface area contributed by atoms with E-state index < -0.39 is 11.8 Å². The fraction of sp³-hybridized carbons (Fsp3) is 0.190. The average Bonchev–Trinajstić information content (AvgIpc) is 2.66. The molecule has 0 heterocycles. The number of benzene rings is 2. The fourth-order valence-corrected chi connectivity index (χ4v) is 2.85. The van der Waals surface area contributed by atoms with Crippen molar-refractivity contribution in [3.8, 4) is 0 Å². The lowest BCUT2D eigenvalue weighted by atomic mass is 9.83. The van der Waals surface area contributed by atoms with Crippen molar-refractivity contribution < 1.29 is 14.4 Å². The van der Waals surface area contributed by atoms with Gasteiger partial charge in [0.25, 0.3) is 5.91 Å². The lowest BCUT2D eigenvalue weighted by Gasteiger charge is -2.21. The summed E-state index contributed by atoms with van der Waals surface area (Å²) in [7, 11) is 0. The Labute approximate surface area is 152 Å². The summed E-state index contributed by atoms with van der Waals surface area (Å²) in [5.41, 5.74) is 6.90. The van der Waals surface area contributed by atoms with Crippen molar-refractivity contribution in [3.63, 3.8) is 0 Å². The first-order valence-electron chi connectivity index (χ1n) is 8.37. The van der Waals surface area contributed by atoms with Gasteiger partial charge in [0.15, 0.2) is 0 Å². The Morgan fingerprint density at radius 2 is 1.62 bits per heavy atom. The van der Waals surface area contributed by atoms with Gasteiger partial charge in [0, 0.05) is 6.54 Å². The SMILES string of the molecule is CCNC(=O)C(Cc1ccccc1)C(=C([C]=O)C(N)=O)c1ccccc1. The highest BCUT2D eigenvalue weighted by molar-refractivity contribution is 6.18. The molecule has 133 valence electrons. The van der Waals surface area contributed by atoms with Crippen molar-refractivity contribution in [3.05, 3.63) is 77.4 Å². The molecule has 1 unspecified atom stereocenters. The second kappa shape index (κ2) is 9.32. The highest BCUT2D eigenvalue weighted by Gasteiger charge is 2.29.